The predicted molar refractivity (Wildman–Crippen MR) is 223 cm³/mol. The summed E-state index contributed by atoms with van der Waals surface area (Å²) in [7, 11) is 0. The van der Waals surface area contributed by atoms with Gasteiger partial charge in [0.1, 0.15) is 0 Å². The molecule has 0 unspecified atom stereocenters. The zero-order chi connectivity index (χ0) is 34.9. The third-order valence-electron chi connectivity index (χ3n) is 10.7. The molecular weight excluding hydrogens is 643 g/mol. The lowest BCUT2D eigenvalue weighted by atomic mass is 9.98. The van der Waals surface area contributed by atoms with Gasteiger partial charge in [0.2, 0.25) is 0 Å². The summed E-state index contributed by atoms with van der Waals surface area (Å²) in [6.45, 7) is 0. The molecule has 0 saturated carbocycles. The quantitative estimate of drug-likeness (QED) is 0.186. The van der Waals surface area contributed by atoms with Crippen LogP contribution in [0.25, 0.3) is 104 Å². The molecule has 3 nitrogen and oxygen atoms in total. The van der Waals surface area contributed by atoms with E-state index in [4.69, 9.17) is 9.97 Å². The van der Waals surface area contributed by atoms with E-state index in [0.29, 0.717) is 0 Å². The molecule has 0 amide bonds. The van der Waals surface area contributed by atoms with Gasteiger partial charge in [-0.25, -0.2) is 9.97 Å². The van der Waals surface area contributed by atoms with Crippen molar-refractivity contribution in [1.82, 2.24) is 14.5 Å². The van der Waals surface area contributed by atoms with Crippen LogP contribution in [0, 0.1) is 0 Å². The molecule has 0 bridgehead atoms. The summed E-state index contributed by atoms with van der Waals surface area (Å²) in [6, 6.07) is 67.3. The minimum absolute atomic E-state index is 0.866. The summed E-state index contributed by atoms with van der Waals surface area (Å²) in [6.07, 6.45) is 0. The standard InChI is InChI=1S/C50H31N3/c1-3-15-34(16-4-1)49-50(35-17-5-2-6-18-35)52-43-30-36(23-26-42(43)51-49)38-29-37-19-9-10-20-39(37)46(31-38)53-44-27-24-32-13-7-11-21-40(32)47(44)48-41-22-12-8-14-33(41)25-28-45(48)53/h1-31H. The molecule has 0 atom stereocenters. The fourth-order valence-corrected chi connectivity index (χ4v) is 8.28. The molecular formula is C50H31N3. The minimum atomic E-state index is 0.866. The van der Waals surface area contributed by atoms with Crippen molar-refractivity contribution < 1.29 is 0 Å². The summed E-state index contributed by atoms with van der Waals surface area (Å²) in [5.74, 6) is 0. The lowest BCUT2D eigenvalue weighted by molar-refractivity contribution is 1.20. The molecule has 246 valence electrons. The fraction of sp³-hybridized carbons (Fsp3) is 0. The average molecular weight is 674 g/mol. The first-order valence-corrected chi connectivity index (χ1v) is 18.1. The third-order valence-corrected chi connectivity index (χ3v) is 10.7. The summed E-state index contributed by atoms with van der Waals surface area (Å²) < 4.78 is 2.48. The van der Waals surface area contributed by atoms with E-state index in [1.54, 1.807) is 0 Å². The molecule has 0 aliphatic heterocycles. The van der Waals surface area contributed by atoms with E-state index in [-0.39, 0.29) is 0 Å². The van der Waals surface area contributed by atoms with Gasteiger partial charge in [-0.1, -0.05) is 152 Å². The van der Waals surface area contributed by atoms with E-state index < -0.39 is 0 Å². The lowest BCUT2D eigenvalue weighted by Gasteiger charge is -2.15. The fourth-order valence-electron chi connectivity index (χ4n) is 8.28. The van der Waals surface area contributed by atoms with Crippen LogP contribution in [-0.4, -0.2) is 14.5 Å². The smallest absolute Gasteiger partial charge is 0.0973 e. The molecule has 0 fully saturated rings. The molecule has 0 aliphatic carbocycles. The van der Waals surface area contributed by atoms with Gasteiger partial charge in [0, 0.05) is 27.3 Å². The zero-order valence-corrected chi connectivity index (χ0v) is 28.7. The number of benzene rings is 9. The highest BCUT2D eigenvalue weighted by Gasteiger charge is 2.20. The second kappa shape index (κ2) is 11.7. The van der Waals surface area contributed by atoms with Crippen LogP contribution >= 0.6 is 0 Å². The van der Waals surface area contributed by atoms with Gasteiger partial charge in [-0.05, 0) is 74.5 Å². The molecule has 3 heteroatoms. The predicted octanol–water partition coefficient (Wildman–Crippen LogP) is 13.2. The molecule has 0 N–H and O–H groups in total. The van der Waals surface area contributed by atoms with Crippen molar-refractivity contribution in [2.45, 2.75) is 0 Å². The molecule has 0 saturated heterocycles. The molecule has 2 aromatic heterocycles. The number of hydrogen-bond acceptors (Lipinski definition) is 2. The number of rotatable bonds is 4. The Balaban J connectivity index is 1.18. The number of hydrogen-bond donors (Lipinski definition) is 0. The van der Waals surface area contributed by atoms with Gasteiger partial charge in [-0.15, -0.1) is 0 Å². The summed E-state index contributed by atoms with van der Waals surface area (Å²) in [5, 5.41) is 9.98. The highest BCUT2D eigenvalue weighted by molar-refractivity contribution is 6.28. The van der Waals surface area contributed by atoms with Crippen molar-refractivity contribution in [2.75, 3.05) is 0 Å². The third kappa shape index (κ3) is 4.68. The van der Waals surface area contributed by atoms with E-state index >= 15 is 0 Å². The van der Waals surface area contributed by atoms with Gasteiger partial charge in [-0.3, -0.25) is 0 Å². The molecule has 0 spiro atoms. The Kier molecular flexibility index (Phi) is 6.55. The van der Waals surface area contributed by atoms with Crippen molar-refractivity contribution in [1.29, 1.82) is 0 Å². The van der Waals surface area contributed by atoms with Crippen LogP contribution in [0.3, 0.4) is 0 Å². The second-order valence-corrected chi connectivity index (χ2v) is 13.8. The maximum Gasteiger partial charge on any atom is 0.0973 e. The van der Waals surface area contributed by atoms with Gasteiger partial charge in [0.25, 0.3) is 0 Å². The summed E-state index contributed by atoms with van der Waals surface area (Å²) >= 11 is 0. The van der Waals surface area contributed by atoms with E-state index in [1.165, 1.54) is 54.1 Å². The van der Waals surface area contributed by atoms with Gasteiger partial charge >= 0.3 is 0 Å². The van der Waals surface area contributed by atoms with Gasteiger partial charge in [0.15, 0.2) is 0 Å². The van der Waals surface area contributed by atoms with Crippen molar-refractivity contribution in [2.24, 2.45) is 0 Å². The van der Waals surface area contributed by atoms with Gasteiger partial charge in [-0.2, -0.15) is 0 Å². The van der Waals surface area contributed by atoms with Crippen LogP contribution in [0.15, 0.2) is 188 Å². The topological polar surface area (TPSA) is 30.7 Å². The number of fused-ring (bicyclic) bond motifs is 9. The number of aromatic nitrogens is 3. The van der Waals surface area contributed by atoms with E-state index in [1.807, 2.05) is 12.1 Å². The Bertz CT molecular complexity index is 3120. The zero-order valence-electron chi connectivity index (χ0n) is 28.7. The maximum atomic E-state index is 5.31. The highest BCUT2D eigenvalue weighted by Crippen LogP contribution is 2.43. The van der Waals surface area contributed by atoms with Gasteiger partial charge < -0.3 is 4.57 Å². The minimum Gasteiger partial charge on any atom is -0.309 e. The second-order valence-electron chi connectivity index (χ2n) is 13.8. The average Bonchev–Trinajstić information content (AvgIpc) is 3.58. The molecule has 0 aliphatic rings. The first-order chi connectivity index (χ1) is 26.3. The summed E-state index contributed by atoms with van der Waals surface area (Å²) in [5.41, 5.74) is 11.4. The first kappa shape index (κ1) is 29.6. The largest absolute Gasteiger partial charge is 0.309 e. The van der Waals surface area contributed by atoms with Crippen LogP contribution in [0.5, 0.6) is 0 Å². The van der Waals surface area contributed by atoms with Crippen molar-refractivity contribution in [3.63, 3.8) is 0 Å². The monoisotopic (exact) mass is 673 g/mol. The van der Waals surface area contributed by atoms with E-state index in [2.05, 4.69) is 180 Å². The summed E-state index contributed by atoms with van der Waals surface area (Å²) in [4.78, 5) is 10.5. The lowest BCUT2D eigenvalue weighted by Crippen LogP contribution is -1.97. The molecule has 0 radical (unpaired) electrons. The Morgan fingerprint density at radius 3 is 1.43 bits per heavy atom. The van der Waals surface area contributed by atoms with Crippen molar-refractivity contribution in [3.8, 4) is 39.3 Å². The Hall–Kier alpha value is -7.10. The van der Waals surface area contributed by atoms with Crippen molar-refractivity contribution in [3.05, 3.63) is 188 Å². The van der Waals surface area contributed by atoms with E-state index in [0.717, 1.165) is 50.4 Å². The molecule has 9 aromatic carbocycles. The maximum absolute atomic E-state index is 5.31. The Morgan fingerprint density at radius 1 is 0.321 bits per heavy atom. The van der Waals surface area contributed by atoms with Crippen LogP contribution in [-0.2, 0) is 0 Å². The van der Waals surface area contributed by atoms with E-state index in [9.17, 15) is 0 Å². The Morgan fingerprint density at radius 2 is 0.830 bits per heavy atom. The SMILES string of the molecule is c1ccc(-c2nc3ccc(-c4cc(-n5c6ccc7ccccc7c6c6c7ccccc7ccc65)c5ccccc5c4)cc3nc2-c2ccccc2)cc1. The molecule has 53 heavy (non-hydrogen) atoms. The van der Waals surface area contributed by atoms with Crippen LogP contribution in [0.4, 0.5) is 0 Å². The normalized spacial score (nSPS) is 11.8. The molecule has 11 rings (SSSR count). The molecule has 2 heterocycles. The molecule has 11 aromatic rings. The highest BCUT2D eigenvalue weighted by atomic mass is 15.0. The van der Waals surface area contributed by atoms with Gasteiger partial charge in [0.05, 0.1) is 39.1 Å². The first-order valence-electron chi connectivity index (χ1n) is 18.1. The van der Waals surface area contributed by atoms with Crippen LogP contribution in [0.2, 0.25) is 0 Å². The number of nitrogens with zero attached hydrogens (tertiary/aromatic N) is 3. The van der Waals surface area contributed by atoms with Crippen LogP contribution in [0.1, 0.15) is 0 Å². The van der Waals surface area contributed by atoms with Crippen molar-refractivity contribution >= 4 is 65.2 Å². The van der Waals surface area contributed by atoms with Crippen LogP contribution < -0.4 is 0 Å². The Labute approximate surface area is 306 Å².